The van der Waals surface area contributed by atoms with E-state index < -0.39 is 6.10 Å². The predicted molar refractivity (Wildman–Crippen MR) is 103 cm³/mol. The van der Waals surface area contributed by atoms with Crippen LogP contribution in [0.25, 0.3) is 11.3 Å². The summed E-state index contributed by atoms with van der Waals surface area (Å²) in [6.45, 7) is 3.66. The summed E-state index contributed by atoms with van der Waals surface area (Å²) in [5, 5.41) is 8.08. The number of ether oxygens (including phenoxy) is 1. The fourth-order valence-electron chi connectivity index (χ4n) is 2.64. The van der Waals surface area contributed by atoms with E-state index in [0.717, 1.165) is 16.1 Å². The van der Waals surface area contributed by atoms with Crippen LogP contribution in [-0.2, 0) is 4.79 Å². The van der Waals surface area contributed by atoms with Gasteiger partial charge in [0, 0.05) is 10.4 Å². The normalized spacial score (nSPS) is 15.8. The number of carbonyl (C=O) groups excluding carboxylic acids is 2. The fourth-order valence-corrected chi connectivity index (χ4v) is 4.09. The maximum Gasteiger partial charge on any atom is 0.267 e. The van der Waals surface area contributed by atoms with Gasteiger partial charge in [-0.3, -0.25) is 14.9 Å². The molecule has 4 rings (SSSR count). The minimum absolute atomic E-state index is 0.166. The van der Waals surface area contributed by atoms with Gasteiger partial charge in [-0.25, -0.2) is 4.98 Å². The molecule has 2 N–H and O–H groups in total. The van der Waals surface area contributed by atoms with E-state index in [1.807, 2.05) is 36.6 Å². The Morgan fingerprint density at radius 2 is 2.19 bits per heavy atom. The summed E-state index contributed by atoms with van der Waals surface area (Å²) < 4.78 is 5.58. The summed E-state index contributed by atoms with van der Waals surface area (Å²) in [6, 6.07) is 9.17. The van der Waals surface area contributed by atoms with Crippen LogP contribution in [0.1, 0.15) is 21.5 Å². The van der Waals surface area contributed by atoms with Gasteiger partial charge in [0.05, 0.1) is 16.3 Å². The third kappa shape index (κ3) is 3.09. The number of rotatable bonds is 3. The molecular formula is C18H15N3O3S2. The molecular weight excluding hydrogens is 370 g/mol. The SMILES string of the molecule is Cc1sc(NC(=O)c2cccs2)nc1-c1ccc2c(c1)NC(=O)[C@@H](C)O2. The first-order chi connectivity index (χ1) is 12.5. The Morgan fingerprint density at radius 1 is 1.35 bits per heavy atom. The average molecular weight is 385 g/mol. The molecule has 0 radical (unpaired) electrons. The van der Waals surface area contributed by atoms with E-state index in [0.29, 0.717) is 21.4 Å². The van der Waals surface area contributed by atoms with Gasteiger partial charge < -0.3 is 10.1 Å². The minimum Gasteiger partial charge on any atom is -0.479 e. The summed E-state index contributed by atoms with van der Waals surface area (Å²) >= 11 is 2.80. The topological polar surface area (TPSA) is 80.3 Å². The highest BCUT2D eigenvalue weighted by Crippen LogP contribution is 2.37. The lowest BCUT2D eigenvalue weighted by molar-refractivity contribution is -0.122. The number of amides is 2. The maximum atomic E-state index is 12.2. The number of benzene rings is 1. The molecule has 0 saturated carbocycles. The zero-order chi connectivity index (χ0) is 18.3. The quantitative estimate of drug-likeness (QED) is 0.710. The third-order valence-electron chi connectivity index (χ3n) is 3.95. The largest absolute Gasteiger partial charge is 0.479 e. The van der Waals surface area contributed by atoms with Crippen molar-refractivity contribution in [2.45, 2.75) is 20.0 Å². The summed E-state index contributed by atoms with van der Waals surface area (Å²) in [7, 11) is 0. The molecule has 0 unspecified atom stereocenters. The Kier molecular flexibility index (Phi) is 4.21. The lowest BCUT2D eigenvalue weighted by atomic mass is 10.1. The molecule has 132 valence electrons. The Balaban J connectivity index is 1.61. The van der Waals surface area contributed by atoms with Gasteiger partial charge in [0.25, 0.3) is 11.8 Å². The molecule has 1 atom stereocenters. The molecule has 0 spiro atoms. The number of fused-ring (bicyclic) bond motifs is 1. The number of anilines is 2. The summed E-state index contributed by atoms with van der Waals surface area (Å²) in [6.07, 6.45) is -0.506. The van der Waals surface area contributed by atoms with Crippen molar-refractivity contribution < 1.29 is 14.3 Å². The van der Waals surface area contributed by atoms with E-state index >= 15 is 0 Å². The molecule has 6 nitrogen and oxygen atoms in total. The highest BCUT2D eigenvalue weighted by atomic mass is 32.1. The monoisotopic (exact) mass is 385 g/mol. The van der Waals surface area contributed by atoms with Gasteiger partial charge in [-0.1, -0.05) is 6.07 Å². The van der Waals surface area contributed by atoms with E-state index in [1.54, 1.807) is 13.0 Å². The van der Waals surface area contributed by atoms with E-state index in [1.165, 1.54) is 22.7 Å². The third-order valence-corrected chi connectivity index (χ3v) is 5.70. The van der Waals surface area contributed by atoms with Crippen LogP contribution in [0.4, 0.5) is 10.8 Å². The van der Waals surface area contributed by atoms with Gasteiger partial charge in [-0.15, -0.1) is 22.7 Å². The summed E-state index contributed by atoms with van der Waals surface area (Å²) in [5.74, 6) is 0.300. The molecule has 8 heteroatoms. The Morgan fingerprint density at radius 3 is 2.96 bits per heavy atom. The van der Waals surface area contributed by atoms with Crippen molar-refractivity contribution in [3.63, 3.8) is 0 Å². The number of thiophene rings is 1. The zero-order valence-electron chi connectivity index (χ0n) is 14.0. The number of nitrogens with one attached hydrogen (secondary N) is 2. The van der Waals surface area contributed by atoms with Gasteiger partial charge in [-0.05, 0) is 43.5 Å². The van der Waals surface area contributed by atoms with Crippen molar-refractivity contribution in [1.29, 1.82) is 0 Å². The summed E-state index contributed by atoms with van der Waals surface area (Å²) in [5.41, 5.74) is 2.25. The first kappa shape index (κ1) is 16.7. The predicted octanol–water partition coefficient (Wildman–Crippen LogP) is 4.15. The molecule has 0 aliphatic carbocycles. The molecule has 26 heavy (non-hydrogen) atoms. The molecule has 0 bridgehead atoms. The number of hydrogen-bond acceptors (Lipinski definition) is 6. The number of aromatic nitrogens is 1. The standard InChI is InChI=1S/C18H15N3O3S2/c1-9-16(22)19-12-8-11(5-6-13(12)24-9)15-10(2)26-18(20-15)21-17(23)14-4-3-7-25-14/h3-9H,1-2H3,(H,19,22)(H,20,21,23)/t9-/m1/s1. The molecule has 1 aliphatic heterocycles. The number of hydrogen-bond donors (Lipinski definition) is 2. The van der Waals surface area contributed by atoms with E-state index in [4.69, 9.17) is 4.74 Å². The molecule has 3 aromatic rings. The van der Waals surface area contributed by atoms with Crippen LogP contribution in [0.3, 0.4) is 0 Å². The van der Waals surface area contributed by atoms with E-state index in [2.05, 4.69) is 15.6 Å². The number of nitrogens with zero attached hydrogens (tertiary/aromatic N) is 1. The number of aryl methyl sites for hydroxylation is 1. The van der Waals surface area contributed by atoms with Gasteiger partial charge in [0.1, 0.15) is 5.75 Å². The maximum absolute atomic E-state index is 12.2. The van der Waals surface area contributed by atoms with Crippen molar-refractivity contribution in [3.8, 4) is 17.0 Å². The second-order valence-corrected chi connectivity index (χ2v) is 7.97. The molecule has 2 amide bonds. The van der Waals surface area contributed by atoms with Crippen molar-refractivity contribution in [2.24, 2.45) is 0 Å². The highest BCUT2D eigenvalue weighted by molar-refractivity contribution is 7.16. The van der Waals surface area contributed by atoms with Gasteiger partial charge in [0.2, 0.25) is 0 Å². The molecule has 1 aliphatic rings. The van der Waals surface area contributed by atoms with Crippen molar-refractivity contribution in [2.75, 3.05) is 10.6 Å². The second kappa shape index (κ2) is 6.54. The van der Waals surface area contributed by atoms with Crippen LogP contribution in [0.2, 0.25) is 0 Å². The lowest BCUT2D eigenvalue weighted by Gasteiger charge is -2.23. The molecule has 0 fully saturated rings. The minimum atomic E-state index is -0.506. The lowest BCUT2D eigenvalue weighted by Crippen LogP contribution is -2.34. The van der Waals surface area contributed by atoms with E-state index in [9.17, 15) is 9.59 Å². The molecule has 0 saturated heterocycles. The van der Waals surface area contributed by atoms with Gasteiger partial charge in [0.15, 0.2) is 11.2 Å². The van der Waals surface area contributed by atoms with Crippen molar-refractivity contribution in [3.05, 3.63) is 45.5 Å². The van der Waals surface area contributed by atoms with Crippen LogP contribution in [0.5, 0.6) is 5.75 Å². The number of thiazole rings is 1. The van der Waals surface area contributed by atoms with Crippen LogP contribution in [-0.4, -0.2) is 22.9 Å². The molecule has 2 aromatic heterocycles. The van der Waals surface area contributed by atoms with E-state index in [-0.39, 0.29) is 11.8 Å². The first-order valence-electron chi connectivity index (χ1n) is 7.95. The summed E-state index contributed by atoms with van der Waals surface area (Å²) in [4.78, 5) is 30.2. The van der Waals surface area contributed by atoms with Crippen LogP contribution in [0, 0.1) is 6.92 Å². The van der Waals surface area contributed by atoms with Crippen molar-refractivity contribution in [1.82, 2.24) is 4.98 Å². The smallest absolute Gasteiger partial charge is 0.267 e. The Labute approximate surface area is 157 Å². The molecule has 1 aromatic carbocycles. The highest BCUT2D eigenvalue weighted by Gasteiger charge is 2.24. The fraction of sp³-hybridized carbons (Fsp3) is 0.167. The second-order valence-electron chi connectivity index (χ2n) is 5.82. The Hall–Kier alpha value is -2.71. The van der Waals surface area contributed by atoms with Gasteiger partial charge in [-0.2, -0.15) is 0 Å². The first-order valence-corrected chi connectivity index (χ1v) is 9.65. The molecule has 3 heterocycles. The average Bonchev–Trinajstić information content (AvgIpc) is 3.25. The zero-order valence-corrected chi connectivity index (χ0v) is 15.7. The number of carbonyl (C=O) groups is 2. The Bertz CT molecular complexity index is 995. The van der Waals surface area contributed by atoms with Crippen LogP contribution in [0.15, 0.2) is 35.7 Å². The van der Waals surface area contributed by atoms with Crippen molar-refractivity contribution >= 4 is 45.3 Å². The van der Waals surface area contributed by atoms with Gasteiger partial charge >= 0.3 is 0 Å². The van der Waals surface area contributed by atoms with Crippen LogP contribution < -0.4 is 15.4 Å². The van der Waals surface area contributed by atoms with Crippen LogP contribution >= 0.6 is 22.7 Å².